The van der Waals surface area contributed by atoms with E-state index in [2.05, 4.69) is 45.1 Å². The van der Waals surface area contributed by atoms with Gasteiger partial charge in [0.15, 0.2) is 6.10 Å². The van der Waals surface area contributed by atoms with E-state index in [0.29, 0.717) is 19.3 Å². The standard InChI is InChI=1S/C56H105O11P/c1-4-7-10-13-16-19-22-23-24-25-26-27-28-29-32-33-36-39-42-45-54(58)63-49-53(67-56(60)47-44-41-38-35-31-21-18-15-12-9-6-3)51-65-68(61,62)64-50-52(48-57)66-55(59)46-43-40-37-34-30-20-17-14-11-8-5-2/h15,18,23-24,52-53,57H,4-14,16-17,19-22,25-51H2,1-3H3,(H,61,62)/b18-15-,24-23-. The molecule has 0 saturated carbocycles. The number of aliphatic hydroxyl groups excluding tert-OH is 1. The molecule has 0 rings (SSSR count). The zero-order valence-electron chi connectivity index (χ0n) is 44.1. The number of carbonyl (C=O) groups excluding carboxylic acids is 3. The molecule has 0 saturated heterocycles. The second-order valence-corrected chi connectivity index (χ2v) is 20.6. The molecule has 0 amide bonds. The summed E-state index contributed by atoms with van der Waals surface area (Å²) >= 11 is 0. The van der Waals surface area contributed by atoms with Gasteiger partial charge in [0.2, 0.25) is 0 Å². The van der Waals surface area contributed by atoms with E-state index in [9.17, 15) is 28.9 Å². The third kappa shape index (κ3) is 49.0. The Kier molecular flexibility index (Phi) is 49.8. The Bertz CT molecular complexity index is 1240. The monoisotopic (exact) mass is 985 g/mol. The van der Waals surface area contributed by atoms with Crippen LogP contribution >= 0.6 is 7.82 Å². The van der Waals surface area contributed by atoms with E-state index < -0.39 is 57.8 Å². The highest BCUT2D eigenvalue weighted by molar-refractivity contribution is 7.47. The van der Waals surface area contributed by atoms with Gasteiger partial charge in [-0.15, -0.1) is 0 Å². The van der Waals surface area contributed by atoms with E-state index >= 15 is 0 Å². The molecule has 0 radical (unpaired) electrons. The van der Waals surface area contributed by atoms with Crippen molar-refractivity contribution in [3.05, 3.63) is 24.3 Å². The molecule has 3 atom stereocenters. The van der Waals surface area contributed by atoms with Gasteiger partial charge in [-0.2, -0.15) is 0 Å². The van der Waals surface area contributed by atoms with Gasteiger partial charge >= 0.3 is 25.7 Å². The molecule has 11 nitrogen and oxygen atoms in total. The van der Waals surface area contributed by atoms with Gasteiger partial charge in [-0.1, -0.05) is 218 Å². The average Bonchev–Trinajstić information content (AvgIpc) is 3.32. The molecule has 3 unspecified atom stereocenters. The first-order valence-electron chi connectivity index (χ1n) is 28.2. The summed E-state index contributed by atoms with van der Waals surface area (Å²) in [5.74, 6) is -1.46. The van der Waals surface area contributed by atoms with Gasteiger partial charge in [0, 0.05) is 19.3 Å². The van der Waals surface area contributed by atoms with Crippen LogP contribution in [0.5, 0.6) is 0 Å². The first-order chi connectivity index (χ1) is 33.2. The number of phosphoric ester groups is 1. The molecular formula is C56H105O11P. The lowest BCUT2D eigenvalue weighted by Crippen LogP contribution is -2.30. The van der Waals surface area contributed by atoms with E-state index in [1.54, 1.807) is 0 Å². The van der Waals surface area contributed by atoms with Crippen molar-refractivity contribution < 1.29 is 52.2 Å². The zero-order chi connectivity index (χ0) is 49.9. The highest BCUT2D eigenvalue weighted by Crippen LogP contribution is 2.43. The number of esters is 3. The van der Waals surface area contributed by atoms with Crippen LogP contribution in [0.25, 0.3) is 0 Å². The molecule has 0 bridgehead atoms. The highest BCUT2D eigenvalue weighted by Gasteiger charge is 2.28. The Morgan fingerprint density at radius 1 is 0.397 bits per heavy atom. The Balaban J connectivity index is 4.63. The van der Waals surface area contributed by atoms with Crippen LogP contribution in [0, 0.1) is 0 Å². The number of unbranched alkanes of at least 4 members (excludes halogenated alkanes) is 32. The fourth-order valence-corrected chi connectivity index (χ4v) is 8.76. The van der Waals surface area contributed by atoms with Crippen molar-refractivity contribution in [3.8, 4) is 0 Å². The number of allylic oxidation sites excluding steroid dienone is 4. The van der Waals surface area contributed by atoms with E-state index in [4.69, 9.17) is 23.3 Å². The lowest BCUT2D eigenvalue weighted by atomic mass is 10.1. The van der Waals surface area contributed by atoms with Gasteiger partial charge in [0.25, 0.3) is 0 Å². The minimum absolute atomic E-state index is 0.161. The van der Waals surface area contributed by atoms with Crippen molar-refractivity contribution in [1.82, 2.24) is 0 Å². The Morgan fingerprint density at radius 2 is 0.691 bits per heavy atom. The Labute approximate surface area is 417 Å². The van der Waals surface area contributed by atoms with Crippen LogP contribution in [0.2, 0.25) is 0 Å². The van der Waals surface area contributed by atoms with Gasteiger partial charge in [-0.25, -0.2) is 4.57 Å². The van der Waals surface area contributed by atoms with E-state index in [1.165, 1.54) is 141 Å². The quantitative estimate of drug-likeness (QED) is 0.0197. The predicted octanol–water partition coefficient (Wildman–Crippen LogP) is 16.3. The molecule has 12 heteroatoms. The highest BCUT2D eigenvalue weighted by atomic mass is 31.2. The summed E-state index contributed by atoms with van der Waals surface area (Å²) < 4.78 is 39.4. The first kappa shape index (κ1) is 66.0. The molecule has 68 heavy (non-hydrogen) atoms. The SMILES string of the molecule is CCCC/C=C\CCCCCCCC(=O)OC(COC(=O)CCCCCCCCCCC/C=C\CCCCCCCC)COP(=O)(O)OCC(CO)OC(=O)CCCCCCCCCCCCC. The van der Waals surface area contributed by atoms with Crippen molar-refractivity contribution in [3.63, 3.8) is 0 Å². The molecule has 0 spiro atoms. The molecule has 2 N–H and O–H groups in total. The van der Waals surface area contributed by atoms with Gasteiger partial charge in [-0.05, 0) is 64.2 Å². The first-order valence-corrected chi connectivity index (χ1v) is 29.7. The molecule has 0 heterocycles. The summed E-state index contributed by atoms with van der Waals surface area (Å²) in [5.41, 5.74) is 0. The molecule has 0 aliphatic carbocycles. The van der Waals surface area contributed by atoms with Crippen LogP contribution < -0.4 is 0 Å². The molecule has 0 aromatic heterocycles. The summed E-state index contributed by atoms with van der Waals surface area (Å²) in [5, 5.41) is 9.77. The fraction of sp³-hybridized carbons (Fsp3) is 0.875. The van der Waals surface area contributed by atoms with Gasteiger partial charge in [0.05, 0.1) is 19.8 Å². The molecule has 0 aliphatic rings. The molecular weight excluding hydrogens is 880 g/mol. The Morgan fingerprint density at radius 3 is 1.06 bits per heavy atom. The number of phosphoric acid groups is 1. The van der Waals surface area contributed by atoms with Gasteiger partial charge < -0.3 is 24.2 Å². The summed E-state index contributed by atoms with van der Waals surface area (Å²) in [6.45, 7) is 4.61. The van der Waals surface area contributed by atoms with Crippen LogP contribution in [0.1, 0.15) is 278 Å². The van der Waals surface area contributed by atoms with Crippen molar-refractivity contribution in [2.75, 3.05) is 26.4 Å². The third-order valence-electron chi connectivity index (χ3n) is 12.3. The summed E-state index contributed by atoms with van der Waals surface area (Å²) in [6, 6.07) is 0. The minimum atomic E-state index is -4.74. The van der Waals surface area contributed by atoms with Gasteiger partial charge in [0.1, 0.15) is 12.7 Å². The van der Waals surface area contributed by atoms with Crippen LogP contribution in [-0.4, -0.2) is 66.5 Å². The molecule has 0 aliphatic heterocycles. The maximum absolute atomic E-state index is 12.8. The number of carbonyl (C=O) groups is 3. The summed E-state index contributed by atoms with van der Waals surface area (Å²) in [6.07, 6.45) is 50.0. The molecule has 0 fully saturated rings. The number of aliphatic hydroxyl groups is 1. The summed E-state index contributed by atoms with van der Waals surface area (Å²) in [4.78, 5) is 48.3. The minimum Gasteiger partial charge on any atom is -0.462 e. The van der Waals surface area contributed by atoms with E-state index in [-0.39, 0.29) is 25.9 Å². The van der Waals surface area contributed by atoms with E-state index in [1.807, 2.05) is 0 Å². The van der Waals surface area contributed by atoms with Gasteiger partial charge in [-0.3, -0.25) is 23.4 Å². The van der Waals surface area contributed by atoms with Crippen molar-refractivity contribution in [2.45, 2.75) is 290 Å². The third-order valence-corrected chi connectivity index (χ3v) is 13.3. The zero-order valence-corrected chi connectivity index (χ0v) is 45.0. The maximum Gasteiger partial charge on any atom is 0.472 e. The maximum atomic E-state index is 12.8. The largest absolute Gasteiger partial charge is 0.472 e. The normalized spacial score (nSPS) is 13.5. The fourth-order valence-electron chi connectivity index (χ4n) is 7.98. The predicted molar refractivity (Wildman–Crippen MR) is 280 cm³/mol. The van der Waals surface area contributed by atoms with E-state index in [0.717, 1.165) is 77.0 Å². The van der Waals surface area contributed by atoms with Crippen LogP contribution in [0.4, 0.5) is 0 Å². The van der Waals surface area contributed by atoms with Crippen molar-refractivity contribution in [1.29, 1.82) is 0 Å². The molecule has 400 valence electrons. The number of ether oxygens (including phenoxy) is 3. The lowest BCUT2D eigenvalue weighted by molar-refractivity contribution is -0.161. The van der Waals surface area contributed by atoms with Crippen molar-refractivity contribution in [2.24, 2.45) is 0 Å². The van der Waals surface area contributed by atoms with Crippen LogP contribution in [0.15, 0.2) is 24.3 Å². The smallest absolute Gasteiger partial charge is 0.462 e. The number of hydrogen-bond donors (Lipinski definition) is 2. The number of rotatable bonds is 53. The lowest BCUT2D eigenvalue weighted by Gasteiger charge is -2.21. The second kappa shape index (κ2) is 51.3. The second-order valence-electron chi connectivity index (χ2n) is 19.1. The average molecular weight is 985 g/mol. The van der Waals surface area contributed by atoms with Crippen LogP contribution in [0.3, 0.4) is 0 Å². The topological polar surface area (TPSA) is 155 Å². The molecule has 0 aromatic carbocycles. The Hall–Kier alpha value is -2.04. The van der Waals surface area contributed by atoms with Crippen LogP contribution in [-0.2, 0) is 42.2 Å². The molecule has 0 aromatic rings. The summed E-state index contributed by atoms with van der Waals surface area (Å²) in [7, 11) is -4.74. The number of hydrogen-bond acceptors (Lipinski definition) is 10. The van der Waals surface area contributed by atoms with Crippen molar-refractivity contribution >= 4 is 25.7 Å².